The largest absolute Gasteiger partial charge is 0.515 e. The molecule has 1 unspecified atom stereocenters. The fourth-order valence-electron chi connectivity index (χ4n) is 1.23. The summed E-state index contributed by atoms with van der Waals surface area (Å²) in [7, 11) is 0. The summed E-state index contributed by atoms with van der Waals surface area (Å²) >= 11 is 0. The van der Waals surface area contributed by atoms with Crippen LogP contribution in [0.4, 0.5) is 0 Å². The minimum atomic E-state index is 0.112. The molecular weight excluding hydrogens is 128 g/mol. The van der Waals surface area contributed by atoms with Crippen molar-refractivity contribution in [2.45, 2.75) is 26.2 Å². The Morgan fingerprint density at radius 2 is 2.40 bits per heavy atom. The van der Waals surface area contributed by atoms with E-state index in [1.807, 2.05) is 0 Å². The van der Waals surface area contributed by atoms with Crippen LogP contribution in [0, 0.1) is 5.92 Å². The van der Waals surface area contributed by atoms with Crippen LogP contribution in [-0.2, 0) is 4.79 Å². The molecule has 0 heterocycles. The van der Waals surface area contributed by atoms with E-state index in [9.17, 15) is 4.79 Å². The summed E-state index contributed by atoms with van der Waals surface area (Å²) in [5, 5.41) is 8.56. The van der Waals surface area contributed by atoms with Crippen LogP contribution in [0.3, 0.4) is 0 Å². The molecule has 0 radical (unpaired) electrons. The summed E-state index contributed by atoms with van der Waals surface area (Å²) in [5.74, 6) is 0.609. The molecule has 10 heavy (non-hydrogen) atoms. The third kappa shape index (κ3) is 1.38. The zero-order valence-electron chi connectivity index (χ0n) is 6.13. The molecule has 2 heteroatoms. The van der Waals surface area contributed by atoms with E-state index in [2.05, 4.69) is 6.92 Å². The molecule has 0 aromatic heterocycles. The number of rotatable bonds is 0. The Morgan fingerprint density at radius 1 is 1.70 bits per heavy atom. The van der Waals surface area contributed by atoms with Crippen molar-refractivity contribution in [2.24, 2.45) is 5.92 Å². The highest BCUT2D eigenvalue weighted by molar-refractivity contribution is 5.95. The van der Waals surface area contributed by atoms with Crippen molar-refractivity contribution in [3.63, 3.8) is 0 Å². The molecule has 1 aliphatic rings. The van der Waals surface area contributed by atoms with Gasteiger partial charge in [-0.15, -0.1) is 0 Å². The molecule has 1 fully saturated rings. The number of Topliss-reactive ketones (excluding diaryl/α,β-unsaturated/α-hetero) is 1. The predicted octanol–water partition coefficient (Wildman–Crippen LogP) is 1.82. The van der Waals surface area contributed by atoms with Gasteiger partial charge in [0.05, 0.1) is 6.26 Å². The van der Waals surface area contributed by atoms with Crippen LogP contribution in [0.15, 0.2) is 11.8 Å². The van der Waals surface area contributed by atoms with Gasteiger partial charge in [-0.2, -0.15) is 0 Å². The number of carbonyl (C=O) groups excluding carboxylic acids is 1. The van der Waals surface area contributed by atoms with Gasteiger partial charge in [-0.05, 0) is 18.8 Å². The molecule has 0 aliphatic heterocycles. The lowest BCUT2D eigenvalue weighted by Crippen LogP contribution is -2.15. The van der Waals surface area contributed by atoms with Crippen LogP contribution in [0.1, 0.15) is 26.2 Å². The Kier molecular flexibility index (Phi) is 2.10. The van der Waals surface area contributed by atoms with Gasteiger partial charge in [0.1, 0.15) is 0 Å². The van der Waals surface area contributed by atoms with Gasteiger partial charge in [0.25, 0.3) is 0 Å². The molecule has 0 aromatic rings. The first-order chi connectivity index (χ1) is 4.74. The fourth-order valence-corrected chi connectivity index (χ4v) is 1.23. The molecule has 0 aromatic carbocycles. The summed E-state index contributed by atoms with van der Waals surface area (Å²) < 4.78 is 0. The molecule has 1 saturated carbocycles. The molecule has 1 rings (SSSR count). The van der Waals surface area contributed by atoms with Gasteiger partial charge < -0.3 is 5.11 Å². The van der Waals surface area contributed by atoms with Crippen molar-refractivity contribution in [3.8, 4) is 0 Å². The van der Waals surface area contributed by atoms with Crippen LogP contribution < -0.4 is 0 Å². The number of allylic oxidation sites excluding steroid dienone is 1. The van der Waals surface area contributed by atoms with Gasteiger partial charge in [0.15, 0.2) is 5.78 Å². The topological polar surface area (TPSA) is 37.3 Å². The lowest BCUT2D eigenvalue weighted by molar-refractivity contribution is -0.117. The van der Waals surface area contributed by atoms with Crippen LogP contribution >= 0.6 is 0 Å². The molecule has 1 atom stereocenters. The van der Waals surface area contributed by atoms with Crippen LogP contribution in [0.2, 0.25) is 0 Å². The fraction of sp³-hybridized carbons (Fsp3) is 0.625. The zero-order chi connectivity index (χ0) is 7.56. The van der Waals surface area contributed by atoms with Gasteiger partial charge in [-0.25, -0.2) is 0 Å². The lowest BCUT2D eigenvalue weighted by Gasteiger charge is -2.17. The molecular formula is C8H12O2. The normalized spacial score (nSPS) is 31.1. The second-order valence-corrected chi connectivity index (χ2v) is 2.93. The molecule has 2 nitrogen and oxygen atoms in total. The standard InChI is InChI=1S/C8H12O2/c1-6-2-3-7(5-9)8(10)4-6/h5-6,9H,2-4H2,1H3/b7-5-. The maximum atomic E-state index is 11.0. The van der Waals surface area contributed by atoms with Crippen molar-refractivity contribution in [2.75, 3.05) is 0 Å². The van der Waals surface area contributed by atoms with E-state index in [4.69, 9.17) is 5.11 Å². The van der Waals surface area contributed by atoms with E-state index >= 15 is 0 Å². The number of ketones is 1. The summed E-state index contributed by atoms with van der Waals surface area (Å²) in [5.41, 5.74) is 0.595. The van der Waals surface area contributed by atoms with Gasteiger partial charge in [0, 0.05) is 12.0 Å². The van der Waals surface area contributed by atoms with Gasteiger partial charge >= 0.3 is 0 Å². The monoisotopic (exact) mass is 140 g/mol. The SMILES string of the molecule is CC1CC/C(=C/O)C(=O)C1. The average Bonchev–Trinajstić information content (AvgIpc) is 1.88. The van der Waals surface area contributed by atoms with Crippen LogP contribution in [0.5, 0.6) is 0 Å². The highest BCUT2D eigenvalue weighted by Gasteiger charge is 2.19. The number of hydrogen-bond acceptors (Lipinski definition) is 2. The number of aliphatic hydroxyl groups is 1. The highest BCUT2D eigenvalue weighted by atomic mass is 16.2. The molecule has 1 aliphatic carbocycles. The molecule has 1 N–H and O–H groups in total. The maximum absolute atomic E-state index is 11.0. The first-order valence-electron chi connectivity index (χ1n) is 3.60. The van der Waals surface area contributed by atoms with E-state index in [1.54, 1.807) is 0 Å². The Bertz CT molecular complexity index is 170. The minimum Gasteiger partial charge on any atom is -0.515 e. The van der Waals surface area contributed by atoms with Gasteiger partial charge in [-0.1, -0.05) is 6.92 Å². The minimum absolute atomic E-state index is 0.112. The van der Waals surface area contributed by atoms with Crippen molar-refractivity contribution in [1.82, 2.24) is 0 Å². The number of aliphatic hydroxyl groups excluding tert-OH is 1. The third-order valence-corrected chi connectivity index (χ3v) is 1.95. The third-order valence-electron chi connectivity index (χ3n) is 1.95. The zero-order valence-corrected chi connectivity index (χ0v) is 6.13. The smallest absolute Gasteiger partial charge is 0.162 e. The number of carbonyl (C=O) groups is 1. The summed E-state index contributed by atoms with van der Waals surface area (Å²) in [4.78, 5) is 11.0. The van der Waals surface area contributed by atoms with Crippen molar-refractivity contribution in [1.29, 1.82) is 0 Å². The summed E-state index contributed by atoms with van der Waals surface area (Å²) in [6.07, 6.45) is 3.33. The average molecular weight is 140 g/mol. The summed E-state index contributed by atoms with van der Waals surface area (Å²) in [6, 6.07) is 0. The molecule has 0 saturated heterocycles. The first-order valence-corrected chi connectivity index (χ1v) is 3.60. The predicted molar refractivity (Wildman–Crippen MR) is 38.7 cm³/mol. The Balaban J connectivity index is 2.61. The quantitative estimate of drug-likeness (QED) is 0.411. The van der Waals surface area contributed by atoms with Crippen LogP contribution in [0.25, 0.3) is 0 Å². The van der Waals surface area contributed by atoms with E-state index in [1.165, 1.54) is 0 Å². The van der Waals surface area contributed by atoms with E-state index < -0.39 is 0 Å². The molecule has 0 amide bonds. The second-order valence-electron chi connectivity index (χ2n) is 2.93. The second kappa shape index (κ2) is 2.86. The molecule has 0 bridgehead atoms. The Labute approximate surface area is 60.6 Å². The number of hydrogen-bond donors (Lipinski definition) is 1. The lowest BCUT2D eigenvalue weighted by atomic mass is 9.87. The first kappa shape index (κ1) is 7.32. The maximum Gasteiger partial charge on any atom is 0.162 e. The Hall–Kier alpha value is -0.790. The van der Waals surface area contributed by atoms with Gasteiger partial charge in [0.2, 0.25) is 0 Å². The van der Waals surface area contributed by atoms with E-state index in [-0.39, 0.29) is 5.78 Å². The van der Waals surface area contributed by atoms with Crippen molar-refractivity contribution < 1.29 is 9.90 Å². The molecule has 56 valence electrons. The molecule has 0 spiro atoms. The Morgan fingerprint density at radius 3 is 2.90 bits per heavy atom. The van der Waals surface area contributed by atoms with Crippen LogP contribution in [-0.4, -0.2) is 10.9 Å². The van der Waals surface area contributed by atoms with E-state index in [0.29, 0.717) is 17.9 Å². The van der Waals surface area contributed by atoms with Gasteiger partial charge in [-0.3, -0.25) is 4.79 Å². The van der Waals surface area contributed by atoms with Crippen molar-refractivity contribution in [3.05, 3.63) is 11.8 Å². The van der Waals surface area contributed by atoms with E-state index in [0.717, 1.165) is 19.1 Å². The van der Waals surface area contributed by atoms with Crippen molar-refractivity contribution >= 4 is 5.78 Å². The highest BCUT2D eigenvalue weighted by Crippen LogP contribution is 2.24. The summed E-state index contributed by atoms with van der Waals surface area (Å²) in [6.45, 7) is 2.06.